The standard InChI is InChI=1S/C3H10N2O3/c4-7-2-1-6-3-8-5/h1-5H2. The van der Waals surface area contributed by atoms with Gasteiger partial charge >= 0.3 is 0 Å². The second-order valence-corrected chi connectivity index (χ2v) is 1.06. The van der Waals surface area contributed by atoms with Crippen LogP contribution < -0.4 is 11.8 Å². The van der Waals surface area contributed by atoms with Gasteiger partial charge in [-0.3, -0.25) is 4.84 Å². The largest absolute Gasteiger partial charge is 0.351 e. The van der Waals surface area contributed by atoms with Crippen molar-refractivity contribution in [1.29, 1.82) is 0 Å². The van der Waals surface area contributed by atoms with Crippen LogP contribution in [-0.4, -0.2) is 20.0 Å². The van der Waals surface area contributed by atoms with Crippen LogP contribution in [0.1, 0.15) is 0 Å². The maximum absolute atomic E-state index is 4.67. The molecule has 0 fully saturated rings. The quantitative estimate of drug-likeness (QED) is 0.270. The number of hydrogen-bond acceptors (Lipinski definition) is 5. The van der Waals surface area contributed by atoms with Crippen molar-refractivity contribution in [3.8, 4) is 0 Å². The van der Waals surface area contributed by atoms with Gasteiger partial charge in [0.1, 0.15) is 0 Å². The van der Waals surface area contributed by atoms with Crippen LogP contribution in [0, 0.1) is 0 Å². The summed E-state index contributed by atoms with van der Waals surface area (Å²) >= 11 is 0. The number of rotatable bonds is 5. The van der Waals surface area contributed by atoms with Gasteiger partial charge in [-0.15, -0.1) is 0 Å². The molecule has 0 aliphatic rings. The van der Waals surface area contributed by atoms with Gasteiger partial charge < -0.3 is 9.57 Å². The van der Waals surface area contributed by atoms with Crippen LogP contribution >= 0.6 is 0 Å². The predicted molar refractivity (Wildman–Crippen MR) is 26.2 cm³/mol. The highest BCUT2D eigenvalue weighted by molar-refractivity contribution is 4.18. The molecule has 0 atom stereocenters. The summed E-state index contributed by atoms with van der Waals surface area (Å²) in [5, 5.41) is 0. The average molecular weight is 122 g/mol. The highest BCUT2D eigenvalue weighted by Gasteiger charge is 1.82. The van der Waals surface area contributed by atoms with Crippen molar-refractivity contribution >= 4 is 0 Å². The molecule has 0 rings (SSSR count). The fourth-order valence-corrected chi connectivity index (χ4v) is 0.214. The normalized spacial score (nSPS) is 9.75. The fourth-order valence-electron chi connectivity index (χ4n) is 0.214. The number of nitrogens with two attached hydrogens (primary N) is 2. The summed E-state index contributed by atoms with van der Waals surface area (Å²) in [7, 11) is 0. The van der Waals surface area contributed by atoms with Gasteiger partial charge in [0.15, 0.2) is 6.79 Å². The Kier molecular flexibility index (Phi) is 6.63. The zero-order valence-electron chi connectivity index (χ0n) is 4.50. The molecular weight excluding hydrogens is 112 g/mol. The predicted octanol–water partition coefficient (Wildman–Crippen LogP) is -1.26. The Balaban J connectivity index is 2.53. The molecule has 0 heterocycles. The molecule has 0 aromatic carbocycles. The maximum Gasteiger partial charge on any atom is 0.166 e. The first-order valence-electron chi connectivity index (χ1n) is 2.13. The van der Waals surface area contributed by atoms with E-state index >= 15 is 0 Å². The molecule has 0 unspecified atom stereocenters. The summed E-state index contributed by atoms with van der Waals surface area (Å²) in [6, 6.07) is 0. The molecule has 0 saturated carbocycles. The molecule has 0 radical (unpaired) electrons. The first kappa shape index (κ1) is 7.80. The van der Waals surface area contributed by atoms with Crippen molar-refractivity contribution in [3.63, 3.8) is 0 Å². The van der Waals surface area contributed by atoms with Crippen molar-refractivity contribution < 1.29 is 14.4 Å². The molecule has 0 bridgehead atoms. The fraction of sp³-hybridized carbons (Fsp3) is 1.00. The van der Waals surface area contributed by atoms with E-state index in [4.69, 9.17) is 0 Å². The van der Waals surface area contributed by atoms with Crippen LogP contribution in [0.4, 0.5) is 0 Å². The van der Waals surface area contributed by atoms with E-state index in [9.17, 15) is 0 Å². The Morgan fingerprint density at radius 2 is 1.75 bits per heavy atom. The van der Waals surface area contributed by atoms with E-state index in [-0.39, 0.29) is 6.79 Å². The molecule has 5 nitrogen and oxygen atoms in total. The number of hydrogen-bond donors (Lipinski definition) is 2. The molecule has 0 amide bonds. The second-order valence-electron chi connectivity index (χ2n) is 1.06. The SMILES string of the molecule is NOCCOCON. The minimum Gasteiger partial charge on any atom is -0.351 e. The van der Waals surface area contributed by atoms with E-state index in [1.165, 1.54) is 0 Å². The minimum atomic E-state index is 0.0728. The van der Waals surface area contributed by atoms with Gasteiger partial charge in [0.25, 0.3) is 0 Å². The van der Waals surface area contributed by atoms with Crippen molar-refractivity contribution in [2.75, 3.05) is 20.0 Å². The number of ether oxygens (including phenoxy) is 1. The molecule has 5 heteroatoms. The van der Waals surface area contributed by atoms with E-state index < -0.39 is 0 Å². The molecule has 8 heavy (non-hydrogen) atoms. The summed E-state index contributed by atoms with van der Waals surface area (Å²) in [4.78, 5) is 8.24. The van der Waals surface area contributed by atoms with Crippen LogP contribution in [0.25, 0.3) is 0 Å². The summed E-state index contributed by atoms with van der Waals surface area (Å²) in [5.74, 6) is 9.27. The van der Waals surface area contributed by atoms with Gasteiger partial charge in [-0.2, -0.15) is 0 Å². The van der Waals surface area contributed by atoms with Gasteiger partial charge in [-0.05, 0) is 0 Å². The van der Waals surface area contributed by atoms with Crippen LogP contribution in [0.2, 0.25) is 0 Å². The maximum atomic E-state index is 4.67. The monoisotopic (exact) mass is 122 g/mol. The van der Waals surface area contributed by atoms with Gasteiger partial charge in [0.2, 0.25) is 0 Å². The van der Waals surface area contributed by atoms with E-state index in [1.807, 2.05) is 0 Å². The summed E-state index contributed by atoms with van der Waals surface area (Å²) in [6.07, 6.45) is 0. The summed E-state index contributed by atoms with van der Waals surface area (Å²) in [5.41, 5.74) is 0. The third kappa shape index (κ3) is 5.80. The molecular formula is C3H10N2O3. The van der Waals surface area contributed by atoms with Gasteiger partial charge in [-0.25, -0.2) is 11.8 Å². The zero-order chi connectivity index (χ0) is 6.24. The van der Waals surface area contributed by atoms with Gasteiger partial charge in [-0.1, -0.05) is 0 Å². The molecule has 0 saturated heterocycles. The Bertz CT molecular complexity index is 37.5. The van der Waals surface area contributed by atoms with Crippen molar-refractivity contribution in [1.82, 2.24) is 0 Å². The molecule has 0 aromatic heterocycles. The highest BCUT2D eigenvalue weighted by atomic mass is 16.7. The molecule has 4 N–H and O–H groups in total. The molecule has 0 spiro atoms. The Hall–Kier alpha value is -0.200. The van der Waals surface area contributed by atoms with Crippen molar-refractivity contribution in [2.45, 2.75) is 0 Å². The zero-order valence-corrected chi connectivity index (χ0v) is 4.50. The van der Waals surface area contributed by atoms with Crippen molar-refractivity contribution in [3.05, 3.63) is 0 Å². The molecule has 50 valence electrons. The van der Waals surface area contributed by atoms with Gasteiger partial charge in [0.05, 0.1) is 13.2 Å². The lowest BCUT2D eigenvalue weighted by atomic mass is 10.8. The molecule has 0 aliphatic carbocycles. The topological polar surface area (TPSA) is 79.7 Å². The van der Waals surface area contributed by atoms with Crippen molar-refractivity contribution in [2.24, 2.45) is 11.8 Å². The van der Waals surface area contributed by atoms with E-state index in [0.717, 1.165) is 0 Å². The lowest BCUT2D eigenvalue weighted by molar-refractivity contribution is -0.0711. The van der Waals surface area contributed by atoms with E-state index in [2.05, 4.69) is 26.2 Å². The van der Waals surface area contributed by atoms with Crippen LogP contribution in [0.3, 0.4) is 0 Å². The van der Waals surface area contributed by atoms with Gasteiger partial charge in [0, 0.05) is 0 Å². The third-order valence-corrected chi connectivity index (χ3v) is 0.497. The van der Waals surface area contributed by atoms with E-state index in [1.54, 1.807) is 0 Å². The molecule has 0 aromatic rings. The summed E-state index contributed by atoms with van der Waals surface area (Å²) in [6.45, 7) is 0.820. The highest BCUT2D eigenvalue weighted by Crippen LogP contribution is 1.71. The summed E-state index contributed by atoms with van der Waals surface area (Å²) < 4.78 is 4.67. The smallest absolute Gasteiger partial charge is 0.166 e. The lowest BCUT2D eigenvalue weighted by Crippen LogP contribution is -2.11. The van der Waals surface area contributed by atoms with E-state index in [0.29, 0.717) is 13.2 Å². The Morgan fingerprint density at radius 3 is 2.25 bits per heavy atom. The van der Waals surface area contributed by atoms with Crippen LogP contribution in [-0.2, 0) is 14.4 Å². The molecule has 0 aliphatic heterocycles. The first-order valence-corrected chi connectivity index (χ1v) is 2.13. The lowest BCUT2D eigenvalue weighted by Gasteiger charge is -1.98. The van der Waals surface area contributed by atoms with Crippen LogP contribution in [0.15, 0.2) is 0 Å². The first-order chi connectivity index (χ1) is 3.91. The minimum absolute atomic E-state index is 0.0728. The Labute approximate surface area is 47.4 Å². The Morgan fingerprint density at radius 1 is 1.00 bits per heavy atom. The second kappa shape index (κ2) is 6.80. The third-order valence-electron chi connectivity index (χ3n) is 0.497. The average Bonchev–Trinajstić information content (AvgIpc) is 1.81. The van der Waals surface area contributed by atoms with Crippen LogP contribution in [0.5, 0.6) is 0 Å².